The van der Waals surface area contributed by atoms with Gasteiger partial charge in [0.15, 0.2) is 5.82 Å². The molecule has 0 unspecified atom stereocenters. The third kappa shape index (κ3) is 1.84. The van der Waals surface area contributed by atoms with Crippen molar-refractivity contribution < 1.29 is 0 Å². The molecule has 0 saturated heterocycles. The molecule has 0 aliphatic heterocycles. The third-order valence-electron chi connectivity index (χ3n) is 2.72. The Morgan fingerprint density at radius 2 is 2.00 bits per heavy atom. The van der Waals surface area contributed by atoms with Crippen molar-refractivity contribution in [3.8, 4) is 5.82 Å². The van der Waals surface area contributed by atoms with E-state index in [9.17, 15) is 0 Å². The Kier molecular flexibility index (Phi) is 2.74. The van der Waals surface area contributed by atoms with Crippen LogP contribution in [0.25, 0.3) is 16.9 Å². The van der Waals surface area contributed by atoms with Gasteiger partial charge in [-0.3, -0.25) is 0 Å². The Hall–Kier alpha value is -2.27. The van der Waals surface area contributed by atoms with Crippen LogP contribution in [0.3, 0.4) is 0 Å². The number of pyridine rings is 1. The molecule has 0 fully saturated rings. The van der Waals surface area contributed by atoms with Gasteiger partial charge in [0.1, 0.15) is 5.52 Å². The maximum absolute atomic E-state index is 4.55. The number of benzene rings is 1. The van der Waals surface area contributed by atoms with E-state index >= 15 is 0 Å². The molecule has 3 rings (SSSR count). The lowest BCUT2D eigenvalue weighted by Gasteiger charge is -2.04. The first-order valence-corrected chi connectivity index (χ1v) is 5.80. The van der Waals surface area contributed by atoms with Crippen molar-refractivity contribution in [3.05, 3.63) is 48.2 Å². The zero-order chi connectivity index (χ0) is 12.4. The number of nitrogens with zero attached hydrogens (tertiary/aromatic N) is 4. The van der Waals surface area contributed by atoms with Crippen LogP contribution < -0.4 is 5.32 Å². The summed E-state index contributed by atoms with van der Waals surface area (Å²) in [4.78, 5) is 4.55. The van der Waals surface area contributed by atoms with E-state index in [-0.39, 0.29) is 0 Å². The molecule has 0 radical (unpaired) electrons. The van der Waals surface area contributed by atoms with E-state index < -0.39 is 0 Å². The SMILES string of the molecule is CNCc1cccc(-n2nnc3ccccc32)n1. The third-order valence-corrected chi connectivity index (χ3v) is 2.72. The summed E-state index contributed by atoms with van der Waals surface area (Å²) in [6.07, 6.45) is 0. The lowest BCUT2D eigenvalue weighted by atomic mass is 10.3. The van der Waals surface area contributed by atoms with Crippen LogP contribution in [0.15, 0.2) is 42.5 Å². The lowest BCUT2D eigenvalue weighted by Crippen LogP contribution is -2.09. The van der Waals surface area contributed by atoms with Gasteiger partial charge in [-0.2, -0.15) is 4.68 Å². The number of fused-ring (bicyclic) bond motifs is 1. The molecule has 0 aliphatic rings. The summed E-state index contributed by atoms with van der Waals surface area (Å²) in [6, 6.07) is 13.7. The second-order valence-electron chi connectivity index (χ2n) is 4.01. The van der Waals surface area contributed by atoms with Crippen molar-refractivity contribution in [2.75, 3.05) is 7.05 Å². The minimum atomic E-state index is 0.737. The molecule has 5 nitrogen and oxygen atoms in total. The zero-order valence-corrected chi connectivity index (χ0v) is 10.0. The predicted octanol–water partition coefficient (Wildman–Crippen LogP) is 1.53. The van der Waals surface area contributed by atoms with Gasteiger partial charge in [0, 0.05) is 6.54 Å². The lowest BCUT2D eigenvalue weighted by molar-refractivity contribution is 0.759. The van der Waals surface area contributed by atoms with Crippen molar-refractivity contribution in [1.29, 1.82) is 0 Å². The fourth-order valence-electron chi connectivity index (χ4n) is 1.90. The molecule has 1 N–H and O–H groups in total. The van der Waals surface area contributed by atoms with Crippen molar-refractivity contribution in [1.82, 2.24) is 25.3 Å². The molecule has 0 spiro atoms. The van der Waals surface area contributed by atoms with E-state index in [1.54, 1.807) is 4.68 Å². The molecule has 0 saturated carbocycles. The van der Waals surface area contributed by atoms with Crippen LogP contribution in [-0.4, -0.2) is 27.0 Å². The molecule has 2 heterocycles. The van der Waals surface area contributed by atoms with Gasteiger partial charge in [-0.1, -0.05) is 23.4 Å². The number of nitrogens with one attached hydrogen (secondary N) is 1. The van der Waals surface area contributed by atoms with E-state index in [0.29, 0.717) is 0 Å². The molecule has 90 valence electrons. The number of hydrogen-bond acceptors (Lipinski definition) is 4. The van der Waals surface area contributed by atoms with Crippen LogP contribution in [0.2, 0.25) is 0 Å². The molecule has 0 amide bonds. The van der Waals surface area contributed by atoms with Gasteiger partial charge in [0.2, 0.25) is 0 Å². The number of hydrogen-bond donors (Lipinski definition) is 1. The second kappa shape index (κ2) is 4.54. The topological polar surface area (TPSA) is 55.6 Å². The van der Waals surface area contributed by atoms with Gasteiger partial charge in [-0.15, -0.1) is 5.10 Å². The number of para-hydroxylation sites is 1. The fourth-order valence-corrected chi connectivity index (χ4v) is 1.90. The van der Waals surface area contributed by atoms with Gasteiger partial charge < -0.3 is 5.32 Å². The molecular formula is C13H13N5. The Labute approximate surface area is 104 Å². The Morgan fingerprint density at radius 1 is 1.11 bits per heavy atom. The summed E-state index contributed by atoms with van der Waals surface area (Å²) in [5.41, 5.74) is 2.82. The standard InChI is InChI=1S/C13H13N5/c1-14-9-10-5-4-8-13(15-10)18-12-7-3-2-6-11(12)16-17-18/h2-8,14H,9H2,1H3. The Balaban J connectivity index is 2.11. The highest BCUT2D eigenvalue weighted by molar-refractivity contribution is 5.75. The van der Waals surface area contributed by atoms with Crippen LogP contribution in [0.5, 0.6) is 0 Å². The summed E-state index contributed by atoms with van der Waals surface area (Å²) in [7, 11) is 1.90. The van der Waals surface area contributed by atoms with E-state index in [4.69, 9.17) is 0 Å². The number of rotatable bonds is 3. The molecule has 1 aromatic carbocycles. The van der Waals surface area contributed by atoms with Gasteiger partial charge in [-0.05, 0) is 31.3 Å². The smallest absolute Gasteiger partial charge is 0.156 e. The molecule has 2 aromatic heterocycles. The van der Waals surface area contributed by atoms with Crippen molar-refractivity contribution in [2.45, 2.75) is 6.54 Å². The normalized spacial score (nSPS) is 10.9. The quantitative estimate of drug-likeness (QED) is 0.753. The highest BCUT2D eigenvalue weighted by atomic mass is 15.4. The van der Waals surface area contributed by atoms with Crippen molar-refractivity contribution in [2.24, 2.45) is 0 Å². The highest BCUT2D eigenvalue weighted by Gasteiger charge is 2.06. The minimum Gasteiger partial charge on any atom is -0.314 e. The summed E-state index contributed by atoms with van der Waals surface area (Å²) < 4.78 is 1.76. The molecule has 5 heteroatoms. The Morgan fingerprint density at radius 3 is 2.89 bits per heavy atom. The first-order chi connectivity index (χ1) is 8.88. The fraction of sp³-hybridized carbons (Fsp3) is 0.154. The Bertz CT molecular complexity index is 674. The van der Waals surface area contributed by atoms with Gasteiger partial charge >= 0.3 is 0 Å². The first kappa shape index (κ1) is 10.9. The molecule has 3 aromatic rings. The average molecular weight is 239 g/mol. The summed E-state index contributed by atoms with van der Waals surface area (Å²) in [5.74, 6) is 0.788. The number of aromatic nitrogens is 4. The zero-order valence-electron chi connectivity index (χ0n) is 10.0. The second-order valence-corrected chi connectivity index (χ2v) is 4.01. The minimum absolute atomic E-state index is 0.737. The average Bonchev–Trinajstić information content (AvgIpc) is 2.83. The van der Waals surface area contributed by atoms with Crippen LogP contribution >= 0.6 is 0 Å². The molecule has 18 heavy (non-hydrogen) atoms. The highest BCUT2D eigenvalue weighted by Crippen LogP contribution is 2.14. The summed E-state index contributed by atoms with van der Waals surface area (Å²) in [6.45, 7) is 0.737. The largest absolute Gasteiger partial charge is 0.314 e. The monoisotopic (exact) mass is 239 g/mol. The first-order valence-electron chi connectivity index (χ1n) is 5.80. The van der Waals surface area contributed by atoms with E-state index in [1.165, 1.54) is 0 Å². The van der Waals surface area contributed by atoms with Crippen LogP contribution in [-0.2, 0) is 6.54 Å². The van der Waals surface area contributed by atoms with Crippen molar-refractivity contribution >= 4 is 11.0 Å². The molecule has 0 bridgehead atoms. The maximum atomic E-state index is 4.55. The summed E-state index contributed by atoms with van der Waals surface area (Å²) >= 11 is 0. The molecule has 0 atom stereocenters. The van der Waals surface area contributed by atoms with E-state index in [1.807, 2.05) is 49.5 Å². The molecular weight excluding hydrogens is 226 g/mol. The van der Waals surface area contributed by atoms with Crippen LogP contribution in [0.1, 0.15) is 5.69 Å². The van der Waals surface area contributed by atoms with Crippen LogP contribution in [0.4, 0.5) is 0 Å². The maximum Gasteiger partial charge on any atom is 0.156 e. The molecule has 0 aliphatic carbocycles. The van der Waals surface area contributed by atoms with Gasteiger partial charge in [0.25, 0.3) is 0 Å². The van der Waals surface area contributed by atoms with Crippen molar-refractivity contribution in [3.63, 3.8) is 0 Å². The van der Waals surface area contributed by atoms with E-state index in [2.05, 4.69) is 20.6 Å². The van der Waals surface area contributed by atoms with Gasteiger partial charge in [0.05, 0.1) is 11.2 Å². The summed E-state index contributed by atoms with van der Waals surface area (Å²) in [5, 5.41) is 11.4. The van der Waals surface area contributed by atoms with Crippen LogP contribution in [0, 0.1) is 0 Å². The predicted molar refractivity (Wildman–Crippen MR) is 69.4 cm³/mol. The van der Waals surface area contributed by atoms with E-state index in [0.717, 1.165) is 29.1 Å². The van der Waals surface area contributed by atoms with Gasteiger partial charge in [-0.25, -0.2) is 4.98 Å².